The molecule has 2 aliphatic carbocycles. The molecule has 2 heterocycles. The van der Waals surface area contributed by atoms with E-state index < -0.39 is 53.2 Å². The normalized spacial score (nSPS) is 23.1. The minimum absolute atomic E-state index is 0.170. The molecule has 5 aromatic rings. The van der Waals surface area contributed by atoms with Crippen LogP contribution < -0.4 is 19.3 Å². The summed E-state index contributed by atoms with van der Waals surface area (Å²) < 4.78 is 10.8. The maximum absolute atomic E-state index is 14.6. The number of rotatable bonds is 10. The molecule has 2 aliphatic heterocycles. The number of amides is 4. The van der Waals surface area contributed by atoms with Crippen molar-refractivity contribution in [2.45, 2.75) is 12.8 Å². The number of ether oxygens (including phenoxy) is 2. The van der Waals surface area contributed by atoms with Crippen molar-refractivity contribution in [2.24, 2.45) is 35.5 Å². The summed E-state index contributed by atoms with van der Waals surface area (Å²) >= 11 is 0. The van der Waals surface area contributed by atoms with E-state index in [0.29, 0.717) is 39.2 Å². The Morgan fingerprint density at radius 2 is 1.05 bits per heavy atom. The summed E-state index contributed by atoms with van der Waals surface area (Å²) in [7, 11) is 2.84. The zero-order valence-electron chi connectivity index (χ0n) is 33.3. The number of hydrogen-bond donors (Lipinski definition) is 1. The molecule has 11 heteroatoms. The molecule has 0 bridgehead atoms. The second-order valence-electron chi connectivity index (χ2n) is 15.7. The largest absolute Gasteiger partial charge is 0.502 e. The number of anilines is 2. The van der Waals surface area contributed by atoms with Crippen molar-refractivity contribution < 1.29 is 43.3 Å². The first kappa shape index (κ1) is 39.1. The number of phenolic OH excluding ortho intramolecular Hbond substituents is 1. The summed E-state index contributed by atoms with van der Waals surface area (Å²) in [5, 5.41) is 10.6. The Morgan fingerprint density at radius 1 is 0.590 bits per heavy atom. The minimum Gasteiger partial charge on any atom is -0.502 e. The average molecular weight is 813 g/mol. The van der Waals surface area contributed by atoms with Crippen LogP contribution in [0.4, 0.5) is 11.4 Å². The highest BCUT2D eigenvalue weighted by molar-refractivity contribution is 6.24. The van der Waals surface area contributed by atoms with E-state index in [1.165, 1.54) is 24.0 Å². The monoisotopic (exact) mass is 812 g/mol. The lowest BCUT2D eigenvalue weighted by Gasteiger charge is -2.42. The third-order valence-electron chi connectivity index (χ3n) is 12.5. The van der Waals surface area contributed by atoms with Crippen molar-refractivity contribution in [1.82, 2.24) is 0 Å². The molecule has 9 rings (SSSR count). The summed E-state index contributed by atoms with van der Waals surface area (Å²) in [4.78, 5) is 86.6. The van der Waals surface area contributed by atoms with Crippen LogP contribution in [0.2, 0.25) is 0 Å². The molecule has 1 N–H and O–H groups in total. The van der Waals surface area contributed by atoms with Gasteiger partial charge in [-0.15, -0.1) is 0 Å². The standard InChI is InChI=1S/C50H40N2O9/c1-60-40-25-28(26-41(61-2)46(40)55)13-22-36-35-23-24-37-43(50(59)51(47(37)56)33-18-14-31(15-19-33)44(53)29-9-5-3-6-10-29)38(35)27-39-42(36)49(58)52(48(39)57)34-20-16-32(17-21-34)45(54)30-11-7-4-8-12-30/h3-23,25-26,36-39,42-43,55H,24,27H2,1-2H3/t36-,37-,38+,39+,42-,43-/m0/s1. The lowest BCUT2D eigenvalue weighted by molar-refractivity contribution is -0.126. The number of imide groups is 2. The van der Waals surface area contributed by atoms with Gasteiger partial charge in [0.2, 0.25) is 29.4 Å². The maximum Gasteiger partial charge on any atom is 0.238 e. The first-order chi connectivity index (χ1) is 29.6. The van der Waals surface area contributed by atoms with E-state index in [1.54, 1.807) is 115 Å². The zero-order valence-corrected chi connectivity index (χ0v) is 33.3. The van der Waals surface area contributed by atoms with E-state index in [1.807, 2.05) is 24.3 Å². The molecule has 304 valence electrons. The molecule has 3 fully saturated rings. The fourth-order valence-electron chi connectivity index (χ4n) is 9.62. The molecule has 0 radical (unpaired) electrons. The van der Waals surface area contributed by atoms with Crippen molar-refractivity contribution in [3.8, 4) is 17.2 Å². The second kappa shape index (κ2) is 15.6. The molecular weight excluding hydrogens is 773 g/mol. The fraction of sp³-hybridized carbons (Fsp3) is 0.200. The van der Waals surface area contributed by atoms with Gasteiger partial charge in [-0.3, -0.25) is 38.6 Å². The Hall–Kier alpha value is -7.40. The van der Waals surface area contributed by atoms with Gasteiger partial charge in [0.05, 0.1) is 49.3 Å². The number of ketones is 2. The minimum atomic E-state index is -0.827. The number of aromatic hydroxyl groups is 1. The van der Waals surface area contributed by atoms with Gasteiger partial charge in [0.1, 0.15) is 0 Å². The lowest BCUT2D eigenvalue weighted by Crippen LogP contribution is -2.43. The van der Waals surface area contributed by atoms with Crippen LogP contribution in [-0.2, 0) is 19.2 Å². The van der Waals surface area contributed by atoms with Crippen LogP contribution in [0.25, 0.3) is 6.08 Å². The summed E-state index contributed by atoms with van der Waals surface area (Å²) in [6.07, 6.45) is 6.01. The number of carbonyl (C=O) groups excluding carboxylic acids is 6. The molecule has 1 saturated carbocycles. The average Bonchev–Trinajstić information content (AvgIpc) is 3.71. The second-order valence-corrected chi connectivity index (χ2v) is 15.7. The topological polar surface area (TPSA) is 148 Å². The molecule has 4 amide bonds. The highest BCUT2D eigenvalue weighted by Gasteiger charge is 2.61. The molecule has 4 aliphatic rings. The summed E-state index contributed by atoms with van der Waals surface area (Å²) in [5.74, 6) is -6.07. The number of carbonyl (C=O) groups is 6. The van der Waals surface area contributed by atoms with E-state index in [4.69, 9.17) is 9.47 Å². The Bertz CT molecular complexity index is 2650. The third-order valence-corrected chi connectivity index (χ3v) is 12.5. The molecule has 0 unspecified atom stereocenters. The highest BCUT2D eigenvalue weighted by atomic mass is 16.5. The van der Waals surface area contributed by atoms with Crippen molar-refractivity contribution in [1.29, 1.82) is 0 Å². The van der Waals surface area contributed by atoms with E-state index in [9.17, 15) is 33.9 Å². The van der Waals surface area contributed by atoms with Gasteiger partial charge in [-0.2, -0.15) is 0 Å². The quantitative estimate of drug-likeness (QED) is 0.0862. The number of methoxy groups -OCH3 is 2. The number of fused-ring (bicyclic) bond motifs is 4. The first-order valence-electron chi connectivity index (χ1n) is 20.1. The number of hydrogen-bond acceptors (Lipinski definition) is 9. The van der Waals surface area contributed by atoms with E-state index >= 15 is 0 Å². The Labute approximate surface area is 351 Å². The Balaban J connectivity index is 1.06. The van der Waals surface area contributed by atoms with Crippen molar-refractivity contribution in [3.05, 3.63) is 167 Å². The van der Waals surface area contributed by atoms with Gasteiger partial charge in [-0.25, -0.2) is 0 Å². The molecular formula is C50H40N2O9. The molecule has 0 spiro atoms. The van der Waals surface area contributed by atoms with Gasteiger partial charge in [0, 0.05) is 28.2 Å². The van der Waals surface area contributed by atoms with Gasteiger partial charge in [-0.05, 0) is 85.0 Å². The number of benzene rings is 5. The lowest BCUT2D eigenvalue weighted by atomic mass is 9.58. The summed E-state index contributed by atoms with van der Waals surface area (Å²) in [6, 6.07) is 33.7. The SMILES string of the molecule is COc1cc(C=C[C@H]2C3=CC[C@@H]4C(=O)N(c5ccc(C(=O)c6ccccc6)cc5)C(=O)[C@@H]4[C@@H]3C[C@H]3C(=O)N(c4ccc(C(=O)c5ccccc5)cc4)C(=O)[C@@H]23)cc(OC)c1O. The van der Waals surface area contributed by atoms with Crippen LogP contribution in [0.1, 0.15) is 50.2 Å². The number of allylic oxidation sites excluding steroid dienone is 3. The fourth-order valence-corrected chi connectivity index (χ4v) is 9.62. The van der Waals surface area contributed by atoms with Crippen LogP contribution in [0.3, 0.4) is 0 Å². The van der Waals surface area contributed by atoms with Crippen molar-refractivity contribution in [2.75, 3.05) is 24.0 Å². The van der Waals surface area contributed by atoms with E-state index in [0.717, 1.165) is 5.57 Å². The first-order valence-corrected chi connectivity index (χ1v) is 20.1. The number of nitrogens with zero attached hydrogens (tertiary/aromatic N) is 2. The van der Waals surface area contributed by atoms with Gasteiger partial charge in [0.15, 0.2) is 23.1 Å². The highest BCUT2D eigenvalue weighted by Crippen LogP contribution is 2.56. The van der Waals surface area contributed by atoms with E-state index in [2.05, 4.69) is 0 Å². The molecule has 5 aromatic carbocycles. The molecule has 2 saturated heterocycles. The summed E-state index contributed by atoms with van der Waals surface area (Å²) in [6.45, 7) is 0. The zero-order chi connectivity index (χ0) is 42.5. The van der Waals surface area contributed by atoms with Crippen LogP contribution in [0, 0.1) is 35.5 Å². The van der Waals surface area contributed by atoms with Crippen LogP contribution in [0.15, 0.2) is 139 Å². The summed E-state index contributed by atoms with van der Waals surface area (Å²) in [5.41, 5.74) is 3.92. The Kier molecular flexibility index (Phi) is 10.0. The molecule has 0 aromatic heterocycles. The van der Waals surface area contributed by atoms with Gasteiger partial charge >= 0.3 is 0 Å². The van der Waals surface area contributed by atoms with E-state index in [-0.39, 0.29) is 47.6 Å². The van der Waals surface area contributed by atoms with Crippen molar-refractivity contribution >= 4 is 52.6 Å². The van der Waals surface area contributed by atoms with Gasteiger partial charge in [0.25, 0.3) is 0 Å². The van der Waals surface area contributed by atoms with Crippen LogP contribution >= 0.6 is 0 Å². The third kappa shape index (κ3) is 6.62. The van der Waals surface area contributed by atoms with Gasteiger partial charge < -0.3 is 14.6 Å². The molecule has 6 atom stereocenters. The maximum atomic E-state index is 14.6. The molecule has 11 nitrogen and oxygen atoms in total. The predicted octanol–water partition coefficient (Wildman–Crippen LogP) is 7.46. The smallest absolute Gasteiger partial charge is 0.238 e. The van der Waals surface area contributed by atoms with Crippen LogP contribution in [-0.4, -0.2) is 54.5 Å². The van der Waals surface area contributed by atoms with Gasteiger partial charge in [-0.1, -0.05) is 84.5 Å². The number of phenols is 1. The Morgan fingerprint density at radius 3 is 1.54 bits per heavy atom. The van der Waals surface area contributed by atoms with Crippen molar-refractivity contribution in [3.63, 3.8) is 0 Å². The van der Waals surface area contributed by atoms with Crippen LogP contribution in [0.5, 0.6) is 17.2 Å². The molecule has 61 heavy (non-hydrogen) atoms. The predicted molar refractivity (Wildman–Crippen MR) is 226 cm³/mol.